The van der Waals surface area contributed by atoms with Gasteiger partial charge in [0.05, 0.1) is 6.61 Å². The number of ether oxygens (including phenoxy) is 1. The molecule has 1 saturated heterocycles. The van der Waals surface area contributed by atoms with Gasteiger partial charge in [-0.25, -0.2) is 0 Å². The molecule has 0 amide bonds. The minimum Gasteiger partial charge on any atom is -0.381 e. The van der Waals surface area contributed by atoms with Crippen LogP contribution < -0.4 is 5.32 Å². The Hall–Kier alpha value is -0.0800. The van der Waals surface area contributed by atoms with E-state index in [0.29, 0.717) is 5.41 Å². The molecular formula is C17H35NO. The summed E-state index contributed by atoms with van der Waals surface area (Å²) in [4.78, 5) is 0. The highest BCUT2D eigenvalue weighted by Gasteiger charge is 2.36. The Labute approximate surface area is 120 Å². The van der Waals surface area contributed by atoms with Crippen molar-refractivity contribution in [3.63, 3.8) is 0 Å². The molecule has 19 heavy (non-hydrogen) atoms. The van der Waals surface area contributed by atoms with E-state index in [0.717, 1.165) is 38.1 Å². The fourth-order valence-electron chi connectivity index (χ4n) is 3.20. The third-order valence-electron chi connectivity index (χ3n) is 4.50. The molecule has 0 saturated carbocycles. The standard InChI is InChI=1S/C17H35NO/c1-5-7-8-16(6-2)11-17(9-10-19-14-17)13-18-12-15(3)4/h15-16,18H,5-14H2,1-4H3. The second-order valence-electron chi connectivity index (χ2n) is 6.95. The first kappa shape index (κ1) is 17.0. The summed E-state index contributed by atoms with van der Waals surface area (Å²) in [5.41, 5.74) is 0.420. The zero-order valence-corrected chi connectivity index (χ0v) is 13.6. The average Bonchev–Trinajstić information content (AvgIpc) is 2.83. The second-order valence-corrected chi connectivity index (χ2v) is 6.95. The molecule has 0 radical (unpaired) electrons. The summed E-state index contributed by atoms with van der Waals surface area (Å²) in [6.45, 7) is 13.4. The number of hydrogen-bond acceptors (Lipinski definition) is 2. The topological polar surface area (TPSA) is 21.3 Å². The number of rotatable bonds is 10. The Kier molecular flexibility index (Phi) is 8.01. The highest BCUT2D eigenvalue weighted by molar-refractivity contribution is 4.87. The van der Waals surface area contributed by atoms with Gasteiger partial charge in [-0.05, 0) is 31.2 Å². The first-order valence-electron chi connectivity index (χ1n) is 8.40. The van der Waals surface area contributed by atoms with Crippen molar-refractivity contribution in [2.45, 2.75) is 66.2 Å². The van der Waals surface area contributed by atoms with Gasteiger partial charge in [0.2, 0.25) is 0 Å². The smallest absolute Gasteiger partial charge is 0.0535 e. The largest absolute Gasteiger partial charge is 0.381 e. The normalized spacial score (nSPS) is 25.1. The Morgan fingerprint density at radius 1 is 1.26 bits per heavy atom. The van der Waals surface area contributed by atoms with Crippen molar-refractivity contribution in [1.82, 2.24) is 5.32 Å². The number of hydrogen-bond donors (Lipinski definition) is 1. The predicted molar refractivity (Wildman–Crippen MR) is 83.5 cm³/mol. The molecule has 1 aliphatic heterocycles. The first-order valence-corrected chi connectivity index (χ1v) is 8.40. The summed E-state index contributed by atoms with van der Waals surface area (Å²) >= 11 is 0. The van der Waals surface area contributed by atoms with Crippen LogP contribution in [0.2, 0.25) is 0 Å². The summed E-state index contributed by atoms with van der Waals surface area (Å²) in [5.74, 6) is 1.63. The Morgan fingerprint density at radius 3 is 2.58 bits per heavy atom. The van der Waals surface area contributed by atoms with Gasteiger partial charge in [0.15, 0.2) is 0 Å². The molecule has 0 aromatic heterocycles. The summed E-state index contributed by atoms with van der Waals surface area (Å²) in [7, 11) is 0. The molecule has 2 unspecified atom stereocenters. The van der Waals surface area contributed by atoms with Crippen LogP contribution in [-0.2, 0) is 4.74 Å². The lowest BCUT2D eigenvalue weighted by molar-refractivity contribution is 0.126. The minimum absolute atomic E-state index is 0.420. The maximum absolute atomic E-state index is 5.73. The molecule has 1 heterocycles. The van der Waals surface area contributed by atoms with Gasteiger partial charge in [-0.2, -0.15) is 0 Å². The van der Waals surface area contributed by atoms with Crippen LogP contribution in [0.1, 0.15) is 66.2 Å². The SMILES string of the molecule is CCCCC(CC)CC1(CNCC(C)C)CCOC1. The zero-order chi connectivity index (χ0) is 14.1. The minimum atomic E-state index is 0.420. The van der Waals surface area contributed by atoms with E-state index >= 15 is 0 Å². The molecule has 1 fully saturated rings. The van der Waals surface area contributed by atoms with E-state index in [2.05, 4.69) is 33.0 Å². The molecular weight excluding hydrogens is 234 g/mol. The Morgan fingerprint density at radius 2 is 2.05 bits per heavy atom. The van der Waals surface area contributed by atoms with Crippen LogP contribution in [0.5, 0.6) is 0 Å². The zero-order valence-electron chi connectivity index (χ0n) is 13.6. The summed E-state index contributed by atoms with van der Waals surface area (Å²) < 4.78 is 5.73. The average molecular weight is 269 g/mol. The van der Waals surface area contributed by atoms with Crippen molar-refractivity contribution in [2.24, 2.45) is 17.3 Å². The lowest BCUT2D eigenvalue weighted by Crippen LogP contribution is -2.38. The van der Waals surface area contributed by atoms with Crippen molar-refractivity contribution in [2.75, 3.05) is 26.3 Å². The van der Waals surface area contributed by atoms with E-state index in [9.17, 15) is 0 Å². The summed E-state index contributed by atoms with van der Waals surface area (Å²) in [6.07, 6.45) is 8.04. The Bertz CT molecular complexity index is 221. The van der Waals surface area contributed by atoms with Crippen LogP contribution in [0.15, 0.2) is 0 Å². The van der Waals surface area contributed by atoms with Crippen LogP contribution in [0.25, 0.3) is 0 Å². The van der Waals surface area contributed by atoms with Gasteiger partial charge < -0.3 is 10.1 Å². The maximum atomic E-state index is 5.73. The molecule has 1 aliphatic rings. The first-order chi connectivity index (χ1) is 9.12. The monoisotopic (exact) mass is 269 g/mol. The van der Waals surface area contributed by atoms with Crippen molar-refractivity contribution >= 4 is 0 Å². The third kappa shape index (κ3) is 6.27. The highest BCUT2D eigenvalue weighted by Crippen LogP contribution is 2.37. The molecule has 0 aromatic rings. The van der Waals surface area contributed by atoms with Gasteiger partial charge in [-0.1, -0.05) is 53.4 Å². The van der Waals surface area contributed by atoms with E-state index in [1.807, 2.05) is 0 Å². The molecule has 0 aliphatic carbocycles. The quantitative estimate of drug-likeness (QED) is 0.640. The van der Waals surface area contributed by atoms with Crippen LogP contribution in [0.3, 0.4) is 0 Å². The van der Waals surface area contributed by atoms with Crippen LogP contribution in [0, 0.1) is 17.3 Å². The Balaban J connectivity index is 2.45. The van der Waals surface area contributed by atoms with Gasteiger partial charge in [0, 0.05) is 18.6 Å². The second kappa shape index (κ2) is 8.97. The van der Waals surface area contributed by atoms with Gasteiger partial charge >= 0.3 is 0 Å². The molecule has 0 spiro atoms. The predicted octanol–water partition coefficient (Wildman–Crippen LogP) is 4.25. The lowest BCUT2D eigenvalue weighted by atomic mass is 9.76. The van der Waals surface area contributed by atoms with Crippen molar-refractivity contribution < 1.29 is 4.74 Å². The number of nitrogens with one attached hydrogen (secondary N) is 1. The highest BCUT2D eigenvalue weighted by atomic mass is 16.5. The summed E-state index contributed by atoms with van der Waals surface area (Å²) in [5, 5.41) is 3.67. The van der Waals surface area contributed by atoms with Gasteiger partial charge in [0.1, 0.15) is 0 Å². The molecule has 114 valence electrons. The molecule has 1 rings (SSSR count). The fourth-order valence-corrected chi connectivity index (χ4v) is 3.20. The van der Waals surface area contributed by atoms with E-state index in [1.54, 1.807) is 0 Å². The van der Waals surface area contributed by atoms with Crippen molar-refractivity contribution in [3.8, 4) is 0 Å². The molecule has 2 nitrogen and oxygen atoms in total. The molecule has 0 aromatic carbocycles. The van der Waals surface area contributed by atoms with Crippen LogP contribution in [-0.4, -0.2) is 26.3 Å². The van der Waals surface area contributed by atoms with Crippen molar-refractivity contribution in [1.29, 1.82) is 0 Å². The molecule has 2 atom stereocenters. The van der Waals surface area contributed by atoms with Gasteiger partial charge in [0.25, 0.3) is 0 Å². The van der Waals surface area contributed by atoms with E-state index in [-0.39, 0.29) is 0 Å². The molecule has 0 bridgehead atoms. The van der Waals surface area contributed by atoms with E-state index in [1.165, 1.54) is 38.5 Å². The van der Waals surface area contributed by atoms with Crippen LogP contribution >= 0.6 is 0 Å². The van der Waals surface area contributed by atoms with Crippen LogP contribution in [0.4, 0.5) is 0 Å². The fraction of sp³-hybridized carbons (Fsp3) is 1.00. The van der Waals surface area contributed by atoms with E-state index < -0.39 is 0 Å². The maximum Gasteiger partial charge on any atom is 0.0535 e. The third-order valence-corrected chi connectivity index (χ3v) is 4.50. The summed E-state index contributed by atoms with van der Waals surface area (Å²) in [6, 6.07) is 0. The van der Waals surface area contributed by atoms with Crippen molar-refractivity contribution in [3.05, 3.63) is 0 Å². The van der Waals surface area contributed by atoms with Gasteiger partial charge in [-0.15, -0.1) is 0 Å². The molecule has 2 heteroatoms. The van der Waals surface area contributed by atoms with E-state index in [4.69, 9.17) is 4.74 Å². The number of unbranched alkanes of at least 4 members (excludes halogenated alkanes) is 1. The molecule has 1 N–H and O–H groups in total. The lowest BCUT2D eigenvalue weighted by Gasteiger charge is -2.32. The van der Waals surface area contributed by atoms with Gasteiger partial charge in [-0.3, -0.25) is 0 Å².